The van der Waals surface area contributed by atoms with Crippen molar-refractivity contribution in [1.82, 2.24) is 19.5 Å². The third-order valence-electron chi connectivity index (χ3n) is 11.8. The molecule has 12 aromatic rings. The van der Waals surface area contributed by atoms with Crippen LogP contribution >= 0.6 is 0 Å². The fourth-order valence-electron chi connectivity index (χ4n) is 8.93. The minimum Gasteiger partial charge on any atom is -0.456 e. The van der Waals surface area contributed by atoms with Gasteiger partial charge in [0.2, 0.25) is 0 Å². The van der Waals surface area contributed by atoms with E-state index < -0.39 is 0 Å². The molecule has 6 nitrogen and oxygen atoms in total. The molecule has 0 aliphatic rings. The van der Waals surface area contributed by atoms with Crippen LogP contribution in [0.25, 0.3) is 94.7 Å². The molecule has 6 heteroatoms. The Morgan fingerprint density at radius 1 is 0.349 bits per heavy atom. The molecule has 0 N–H and O–H groups in total. The second-order valence-corrected chi connectivity index (χ2v) is 15.6. The summed E-state index contributed by atoms with van der Waals surface area (Å²) in [6.45, 7) is 0. The first-order valence-electron chi connectivity index (χ1n) is 21.1. The maximum atomic E-state index is 6.71. The van der Waals surface area contributed by atoms with E-state index in [4.69, 9.17) is 19.4 Å². The first kappa shape index (κ1) is 36.3. The molecule has 9 aromatic carbocycles. The zero-order valence-electron chi connectivity index (χ0n) is 34.0. The van der Waals surface area contributed by atoms with E-state index in [0.717, 1.165) is 78.0 Å². The molecule has 0 atom stereocenters. The van der Waals surface area contributed by atoms with Crippen molar-refractivity contribution in [1.29, 1.82) is 0 Å². The number of nitrogens with zero attached hydrogens (tertiary/aromatic N) is 5. The van der Waals surface area contributed by atoms with Crippen LogP contribution in [0.4, 0.5) is 17.1 Å². The largest absolute Gasteiger partial charge is 0.456 e. The number of anilines is 3. The van der Waals surface area contributed by atoms with Crippen LogP contribution in [0.1, 0.15) is 0 Å². The van der Waals surface area contributed by atoms with Crippen LogP contribution in [0.3, 0.4) is 0 Å². The number of hydrogen-bond acceptors (Lipinski definition) is 5. The molecule has 0 aliphatic carbocycles. The van der Waals surface area contributed by atoms with Crippen molar-refractivity contribution < 1.29 is 4.42 Å². The van der Waals surface area contributed by atoms with Gasteiger partial charge in [-0.25, -0.2) is 15.0 Å². The van der Waals surface area contributed by atoms with Gasteiger partial charge >= 0.3 is 0 Å². The number of furan rings is 1. The minimum absolute atomic E-state index is 0.548. The van der Waals surface area contributed by atoms with Gasteiger partial charge in [0, 0.05) is 61.4 Å². The van der Waals surface area contributed by atoms with Crippen molar-refractivity contribution in [2.75, 3.05) is 4.90 Å². The molecule has 3 aromatic heterocycles. The molecule has 0 fully saturated rings. The minimum atomic E-state index is 0.548. The molecule has 12 rings (SSSR count). The topological polar surface area (TPSA) is 60.0 Å². The van der Waals surface area contributed by atoms with Gasteiger partial charge in [-0.05, 0) is 71.8 Å². The SMILES string of the molecule is c1ccc(-c2ccc(N(c3ccccc3)c3cc(-c4nc(-c5ccccc5)nc(-c5cccc(-n6c7ccccc7c7ccccc76)c5)n4)c4c(c3)oc3ccccc34)cc2)cc1. The quantitative estimate of drug-likeness (QED) is 0.153. The molecule has 0 saturated heterocycles. The Bertz CT molecular complexity index is 3560. The predicted octanol–water partition coefficient (Wildman–Crippen LogP) is 15.0. The van der Waals surface area contributed by atoms with E-state index in [1.807, 2.05) is 60.7 Å². The summed E-state index contributed by atoms with van der Waals surface area (Å²) in [6, 6.07) is 77.9. The highest BCUT2D eigenvalue weighted by Gasteiger charge is 2.23. The Labute approximate surface area is 363 Å². The van der Waals surface area contributed by atoms with Crippen LogP contribution in [-0.2, 0) is 0 Å². The van der Waals surface area contributed by atoms with Crippen molar-refractivity contribution in [2.24, 2.45) is 0 Å². The van der Waals surface area contributed by atoms with Crippen LogP contribution in [0, 0.1) is 0 Å². The van der Waals surface area contributed by atoms with E-state index in [9.17, 15) is 0 Å². The maximum absolute atomic E-state index is 6.71. The van der Waals surface area contributed by atoms with Crippen LogP contribution in [-0.4, -0.2) is 19.5 Å². The maximum Gasteiger partial charge on any atom is 0.164 e. The van der Waals surface area contributed by atoms with E-state index in [2.05, 4.69) is 173 Å². The highest BCUT2D eigenvalue weighted by atomic mass is 16.3. The summed E-state index contributed by atoms with van der Waals surface area (Å²) in [6.07, 6.45) is 0. The lowest BCUT2D eigenvalue weighted by molar-refractivity contribution is 0.669. The highest BCUT2D eigenvalue weighted by Crippen LogP contribution is 2.44. The lowest BCUT2D eigenvalue weighted by Gasteiger charge is -2.26. The molecule has 0 unspecified atom stereocenters. The standard InChI is InChI=1S/C57H37N5O/c1-4-17-38(18-5-1)39-31-33-43(34-32-39)61(42-22-8-3-9-23-42)45-36-49(54-48-27-12-15-30-52(48)63-53(54)37-45)57-59-55(40-19-6-2-7-20-40)58-56(60-57)41-21-16-24-44(35-41)62-50-28-13-10-25-46(50)47-26-11-14-29-51(47)62/h1-37H. The van der Waals surface area contributed by atoms with Gasteiger partial charge in [0.15, 0.2) is 17.5 Å². The van der Waals surface area contributed by atoms with Gasteiger partial charge in [-0.1, -0.05) is 158 Å². The Kier molecular flexibility index (Phi) is 8.71. The van der Waals surface area contributed by atoms with Gasteiger partial charge in [0.25, 0.3) is 0 Å². The fourth-order valence-corrected chi connectivity index (χ4v) is 8.93. The first-order chi connectivity index (χ1) is 31.2. The summed E-state index contributed by atoms with van der Waals surface area (Å²) in [5.74, 6) is 1.71. The predicted molar refractivity (Wildman–Crippen MR) is 258 cm³/mol. The Balaban J connectivity index is 1.08. The second-order valence-electron chi connectivity index (χ2n) is 15.6. The number of fused-ring (bicyclic) bond motifs is 6. The monoisotopic (exact) mass is 807 g/mol. The Morgan fingerprint density at radius 2 is 0.873 bits per heavy atom. The van der Waals surface area contributed by atoms with E-state index in [1.54, 1.807) is 0 Å². The van der Waals surface area contributed by atoms with Gasteiger partial charge in [0.1, 0.15) is 11.2 Å². The van der Waals surface area contributed by atoms with Crippen molar-refractivity contribution in [3.63, 3.8) is 0 Å². The molecule has 3 heterocycles. The third kappa shape index (κ3) is 6.40. The van der Waals surface area contributed by atoms with E-state index in [-0.39, 0.29) is 0 Å². The lowest BCUT2D eigenvalue weighted by atomic mass is 10.0. The van der Waals surface area contributed by atoms with E-state index in [0.29, 0.717) is 17.5 Å². The lowest BCUT2D eigenvalue weighted by Crippen LogP contribution is -2.10. The molecule has 0 amide bonds. The fraction of sp³-hybridized carbons (Fsp3) is 0. The number of benzene rings is 9. The molecule has 0 bridgehead atoms. The Morgan fingerprint density at radius 3 is 1.57 bits per heavy atom. The Hall–Kier alpha value is -8.61. The smallest absolute Gasteiger partial charge is 0.164 e. The van der Waals surface area contributed by atoms with Crippen molar-refractivity contribution in [2.45, 2.75) is 0 Å². The van der Waals surface area contributed by atoms with E-state index in [1.165, 1.54) is 16.3 Å². The van der Waals surface area contributed by atoms with Crippen LogP contribution < -0.4 is 4.90 Å². The molecule has 0 spiro atoms. The summed E-state index contributed by atoms with van der Waals surface area (Å²) >= 11 is 0. The average Bonchev–Trinajstić information content (AvgIpc) is 3.91. The molecular weight excluding hydrogens is 771 g/mol. The number of rotatable bonds is 8. The van der Waals surface area contributed by atoms with Crippen LogP contribution in [0.15, 0.2) is 229 Å². The average molecular weight is 808 g/mol. The highest BCUT2D eigenvalue weighted by molar-refractivity contribution is 6.13. The molecule has 0 saturated carbocycles. The van der Waals surface area contributed by atoms with Crippen molar-refractivity contribution >= 4 is 60.8 Å². The summed E-state index contributed by atoms with van der Waals surface area (Å²) in [4.78, 5) is 18.1. The summed E-state index contributed by atoms with van der Waals surface area (Å²) in [5.41, 5.74) is 12.7. The van der Waals surface area contributed by atoms with Gasteiger partial charge in [-0.3, -0.25) is 0 Å². The number of aromatic nitrogens is 4. The summed E-state index contributed by atoms with van der Waals surface area (Å²) < 4.78 is 9.03. The molecule has 296 valence electrons. The zero-order valence-corrected chi connectivity index (χ0v) is 34.0. The van der Waals surface area contributed by atoms with Crippen LogP contribution in [0.5, 0.6) is 0 Å². The normalized spacial score (nSPS) is 11.5. The third-order valence-corrected chi connectivity index (χ3v) is 11.8. The molecular formula is C57H37N5O. The van der Waals surface area contributed by atoms with Gasteiger partial charge in [-0.15, -0.1) is 0 Å². The number of hydrogen-bond donors (Lipinski definition) is 0. The molecule has 63 heavy (non-hydrogen) atoms. The molecule has 0 radical (unpaired) electrons. The summed E-state index contributed by atoms with van der Waals surface area (Å²) in [7, 11) is 0. The van der Waals surface area contributed by atoms with Crippen LogP contribution in [0.2, 0.25) is 0 Å². The number of para-hydroxylation sites is 4. The van der Waals surface area contributed by atoms with Gasteiger partial charge in [-0.2, -0.15) is 0 Å². The first-order valence-corrected chi connectivity index (χ1v) is 21.1. The van der Waals surface area contributed by atoms with Gasteiger partial charge < -0.3 is 13.9 Å². The van der Waals surface area contributed by atoms with E-state index >= 15 is 0 Å². The van der Waals surface area contributed by atoms with Crippen molar-refractivity contribution in [3.8, 4) is 51.0 Å². The summed E-state index contributed by atoms with van der Waals surface area (Å²) in [5, 5.41) is 4.35. The molecule has 0 aliphatic heterocycles. The zero-order chi connectivity index (χ0) is 41.7. The second kappa shape index (κ2) is 15.1. The van der Waals surface area contributed by atoms with Gasteiger partial charge in [0.05, 0.1) is 16.7 Å². The van der Waals surface area contributed by atoms with Crippen molar-refractivity contribution in [3.05, 3.63) is 224 Å².